The zero-order valence-electron chi connectivity index (χ0n) is 17.5. The van der Waals surface area contributed by atoms with E-state index in [0.29, 0.717) is 12.2 Å². The van der Waals surface area contributed by atoms with E-state index in [4.69, 9.17) is 0 Å². The Hall–Kier alpha value is -2.41. The fraction of sp³-hybridized carbons (Fsp3) is 0.391. The van der Waals surface area contributed by atoms with Gasteiger partial charge in [-0.25, -0.2) is 8.78 Å². The van der Waals surface area contributed by atoms with Gasteiger partial charge in [0.15, 0.2) is 0 Å². The third kappa shape index (κ3) is 7.44. The Morgan fingerprint density at radius 3 is 2.00 bits per heavy atom. The molecule has 7 heteroatoms. The Bertz CT molecular complexity index is 826. The Morgan fingerprint density at radius 2 is 1.50 bits per heavy atom. The van der Waals surface area contributed by atoms with Gasteiger partial charge in [0, 0.05) is 18.3 Å². The van der Waals surface area contributed by atoms with Crippen LogP contribution in [0.25, 0.3) is 0 Å². The van der Waals surface area contributed by atoms with E-state index in [1.807, 2.05) is 20.8 Å². The maximum atomic E-state index is 13.3. The predicted molar refractivity (Wildman–Crippen MR) is 117 cm³/mol. The number of hydrogen-bond acceptors (Lipinski definition) is 3. The normalized spacial score (nSPS) is 11.9. The average molecular weight is 435 g/mol. The van der Waals surface area contributed by atoms with Crippen LogP contribution < -0.4 is 5.32 Å². The second-order valence-electron chi connectivity index (χ2n) is 7.35. The minimum Gasteiger partial charge on any atom is -0.352 e. The molecule has 162 valence electrons. The van der Waals surface area contributed by atoms with Gasteiger partial charge in [-0.2, -0.15) is 0 Å². The molecule has 0 saturated carbocycles. The molecular formula is C23H28F2N2O2S. The SMILES string of the molecule is CC[C@H](C(=O)NC(C)C)N(Cc1ccc(F)cc1)C(=O)CSCc1ccc(F)cc1. The van der Waals surface area contributed by atoms with Crippen molar-refractivity contribution in [3.05, 3.63) is 71.3 Å². The van der Waals surface area contributed by atoms with E-state index in [0.717, 1.165) is 11.1 Å². The van der Waals surface area contributed by atoms with Crippen molar-refractivity contribution in [1.29, 1.82) is 0 Å². The number of nitrogens with zero attached hydrogens (tertiary/aromatic N) is 1. The van der Waals surface area contributed by atoms with Crippen molar-refractivity contribution >= 4 is 23.6 Å². The van der Waals surface area contributed by atoms with Crippen molar-refractivity contribution < 1.29 is 18.4 Å². The van der Waals surface area contributed by atoms with Crippen LogP contribution in [0.1, 0.15) is 38.3 Å². The lowest BCUT2D eigenvalue weighted by atomic mass is 10.1. The topological polar surface area (TPSA) is 49.4 Å². The highest BCUT2D eigenvalue weighted by atomic mass is 32.2. The van der Waals surface area contributed by atoms with Gasteiger partial charge >= 0.3 is 0 Å². The van der Waals surface area contributed by atoms with Gasteiger partial charge in [0.2, 0.25) is 11.8 Å². The molecule has 0 bridgehead atoms. The maximum Gasteiger partial charge on any atom is 0.243 e. The number of rotatable bonds is 10. The first kappa shape index (κ1) is 23.9. The number of benzene rings is 2. The van der Waals surface area contributed by atoms with Crippen LogP contribution in [0, 0.1) is 11.6 Å². The minimum absolute atomic E-state index is 0.0397. The van der Waals surface area contributed by atoms with Crippen LogP contribution in [0.3, 0.4) is 0 Å². The van der Waals surface area contributed by atoms with Crippen molar-refractivity contribution in [2.45, 2.75) is 51.6 Å². The number of amides is 2. The lowest BCUT2D eigenvalue weighted by molar-refractivity contribution is -0.139. The molecule has 0 aliphatic carbocycles. The number of carbonyl (C=O) groups is 2. The van der Waals surface area contributed by atoms with Gasteiger partial charge in [0.25, 0.3) is 0 Å². The highest BCUT2D eigenvalue weighted by Gasteiger charge is 2.28. The van der Waals surface area contributed by atoms with Gasteiger partial charge < -0.3 is 10.2 Å². The molecule has 0 aliphatic rings. The van der Waals surface area contributed by atoms with Crippen molar-refractivity contribution in [2.75, 3.05) is 5.75 Å². The maximum absolute atomic E-state index is 13.3. The lowest BCUT2D eigenvalue weighted by Crippen LogP contribution is -2.50. The Morgan fingerprint density at radius 1 is 0.967 bits per heavy atom. The highest BCUT2D eigenvalue weighted by Crippen LogP contribution is 2.18. The fourth-order valence-corrected chi connectivity index (χ4v) is 3.88. The summed E-state index contributed by atoms with van der Waals surface area (Å²) in [4.78, 5) is 27.3. The molecule has 30 heavy (non-hydrogen) atoms. The molecule has 0 fully saturated rings. The molecule has 0 aromatic heterocycles. The third-order valence-corrected chi connectivity index (χ3v) is 5.48. The Kier molecular flexibility index (Phi) is 9.30. The van der Waals surface area contributed by atoms with Gasteiger partial charge in [-0.15, -0.1) is 11.8 Å². The number of carbonyl (C=O) groups excluding carboxylic acids is 2. The van der Waals surface area contributed by atoms with Crippen LogP contribution in [0.5, 0.6) is 0 Å². The summed E-state index contributed by atoms with van der Waals surface area (Å²) in [6.07, 6.45) is 0.466. The van der Waals surface area contributed by atoms with Crippen molar-refractivity contribution in [3.8, 4) is 0 Å². The second-order valence-corrected chi connectivity index (χ2v) is 8.34. The van der Waals surface area contributed by atoms with Crippen molar-refractivity contribution in [2.24, 2.45) is 0 Å². The van der Waals surface area contributed by atoms with E-state index in [1.54, 1.807) is 29.2 Å². The van der Waals surface area contributed by atoms with Gasteiger partial charge in [-0.3, -0.25) is 9.59 Å². The minimum atomic E-state index is -0.614. The summed E-state index contributed by atoms with van der Waals surface area (Å²) in [5.74, 6) is -0.276. The van der Waals surface area contributed by atoms with Crippen LogP contribution in [0.2, 0.25) is 0 Å². The largest absolute Gasteiger partial charge is 0.352 e. The van der Waals surface area contributed by atoms with Crippen LogP contribution in [-0.4, -0.2) is 34.6 Å². The van der Waals surface area contributed by atoms with Gasteiger partial charge in [0.1, 0.15) is 17.7 Å². The third-order valence-electron chi connectivity index (χ3n) is 4.49. The zero-order chi connectivity index (χ0) is 22.1. The number of hydrogen-bond donors (Lipinski definition) is 1. The van der Waals surface area contributed by atoms with Crippen LogP contribution >= 0.6 is 11.8 Å². The van der Waals surface area contributed by atoms with E-state index >= 15 is 0 Å². The van der Waals surface area contributed by atoms with E-state index < -0.39 is 6.04 Å². The molecule has 1 atom stereocenters. The van der Waals surface area contributed by atoms with E-state index in [1.165, 1.54) is 36.0 Å². The first-order valence-corrected chi connectivity index (χ1v) is 11.1. The predicted octanol–water partition coefficient (Wildman–Crippen LogP) is 4.53. The van der Waals surface area contributed by atoms with Crippen LogP contribution in [0.15, 0.2) is 48.5 Å². The summed E-state index contributed by atoms with van der Waals surface area (Å²) >= 11 is 1.41. The Balaban J connectivity index is 2.11. The highest BCUT2D eigenvalue weighted by molar-refractivity contribution is 7.99. The molecule has 0 heterocycles. The summed E-state index contributed by atoms with van der Waals surface area (Å²) in [5.41, 5.74) is 1.67. The summed E-state index contributed by atoms with van der Waals surface area (Å²) in [6.45, 7) is 5.83. The lowest BCUT2D eigenvalue weighted by Gasteiger charge is -2.31. The molecule has 2 aromatic rings. The molecule has 0 saturated heterocycles. The molecular weight excluding hydrogens is 406 g/mol. The molecule has 0 unspecified atom stereocenters. The molecule has 2 amide bonds. The van der Waals surface area contributed by atoms with Gasteiger partial charge in [-0.1, -0.05) is 31.2 Å². The zero-order valence-corrected chi connectivity index (χ0v) is 18.3. The second kappa shape index (κ2) is 11.7. The summed E-state index contributed by atoms with van der Waals surface area (Å²) in [5, 5.41) is 2.88. The first-order valence-electron chi connectivity index (χ1n) is 9.96. The number of thioether (sulfide) groups is 1. The smallest absolute Gasteiger partial charge is 0.243 e. The monoisotopic (exact) mass is 434 g/mol. The Labute approximate surface area is 181 Å². The molecule has 4 nitrogen and oxygen atoms in total. The van der Waals surface area contributed by atoms with Gasteiger partial charge in [0.05, 0.1) is 5.75 Å². The summed E-state index contributed by atoms with van der Waals surface area (Å²) in [7, 11) is 0. The average Bonchev–Trinajstić information content (AvgIpc) is 2.70. The fourth-order valence-electron chi connectivity index (χ4n) is 3.01. The van der Waals surface area contributed by atoms with Crippen molar-refractivity contribution in [1.82, 2.24) is 10.2 Å². The van der Waals surface area contributed by atoms with E-state index in [2.05, 4.69) is 5.32 Å². The number of nitrogens with one attached hydrogen (secondary N) is 1. The van der Waals surface area contributed by atoms with Gasteiger partial charge in [-0.05, 0) is 55.7 Å². The van der Waals surface area contributed by atoms with Crippen molar-refractivity contribution in [3.63, 3.8) is 0 Å². The summed E-state index contributed by atoms with van der Waals surface area (Å²) in [6, 6.07) is 11.4. The first-order chi connectivity index (χ1) is 14.3. The molecule has 2 rings (SSSR count). The standard InChI is InChI=1S/C23H28F2N2O2S/c1-4-21(23(29)26-16(2)3)27(13-17-5-9-19(24)10-6-17)22(28)15-30-14-18-7-11-20(25)12-8-18/h5-12,16,21H,4,13-15H2,1-3H3,(H,26,29)/t21-/m1/s1. The van der Waals surface area contributed by atoms with Crippen LogP contribution in [0.4, 0.5) is 8.78 Å². The quantitative estimate of drug-likeness (QED) is 0.598. The van der Waals surface area contributed by atoms with E-state index in [9.17, 15) is 18.4 Å². The summed E-state index contributed by atoms with van der Waals surface area (Å²) < 4.78 is 26.3. The van der Waals surface area contributed by atoms with Crippen LogP contribution in [-0.2, 0) is 21.9 Å². The molecule has 0 spiro atoms. The molecule has 0 aliphatic heterocycles. The molecule has 0 radical (unpaired) electrons. The number of halogens is 2. The van der Waals surface area contributed by atoms with E-state index in [-0.39, 0.29) is 41.8 Å². The molecule has 1 N–H and O–H groups in total. The molecule has 2 aromatic carbocycles.